The van der Waals surface area contributed by atoms with Crippen LogP contribution in [0.1, 0.15) is 11.3 Å². The molecule has 0 bridgehead atoms. The highest BCUT2D eigenvalue weighted by molar-refractivity contribution is 8.01. The second kappa shape index (κ2) is 10.1. The lowest BCUT2D eigenvalue weighted by Gasteiger charge is -2.06. The number of carbonyl (C=O) groups excluding carboxylic acids is 2. The van der Waals surface area contributed by atoms with Gasteiger partial charge in [-0.15, -0.1) is 11.3 Å². The fourth-order valence-electron chi connectivity index (χ4n) is 2.33. The Morgan fingerprint density at radius 2 is 1.72 bits per heavy atom. The van der Waals surface area contributed by atoms with Gasteiger partial charge in [0.1, 0.15) is 0 Å². The fourth-order valence-corrected chi connectivity index (χ4v) is 4.28. The van der Waals surface area contributed by atoms with E-state index >= 15 is 0 Å². The monoisotopic (exact) mass is 465 g/mol. The summed E-state index contributed by atoms with van der Waals surface area (Å²) in [4.78, 5) is 28.7. The maximum atomic E-state index is 12.2. The van der Waals surface area contributed by atoms with Crippen LogP contribution < -0.4 is 10.6 Å². The van der Waals surface area contributed by atoms with Crippen molar-refractivity contribution in [3.8, 4) is 0 Å². The molecule has 0 aliphatic rings. The van der Waals surface area contributed by atoms with Crippen LogP contribution in [0.4, 0.5) is 11.4 Å². The first-order chi connectivity index (χ1) is 13.9. The Morgan fingerprint density at radius 1 is 1.03 bits per heavy atom. The van der Waals surface area contributed by atoms with Gasteiger partial charge >= 0.3 is 0 Å². The number of hydrogen-bond donors (Lipinski definition) is 2. The Labute approximate surface area is 186 Å². The zero-order valence-electron chi connectivity index (χ0n) is 15.4. The predicted octanol–water partition coefficient (Wildman–Crippen LogP) is 5.67. The topological polar surface area (TPSA) is 71.1 Å². The lowest BCUT2D eigenvalue weighted by atomic mass is 10.2. The fraction of sp³-hybridized carbons (Fsp3) is 0.150. The number of carbonyl (C=O) groups is 2. The highest BCUT2D eigenvalue weighted by Gasteiger charge is 2.11. The molecule has 0 atom stereocenters. The second-order valence-corrected chi connectivity index (χ2v) is 9.06. The normalized spacial score (nSPS) is 10.6. The van der Waals surface area contributed by atoms with E-state index < -0.39 is 0 Å². The van der Waals surface area contributed by atoms with Gasteiger partial charge in [-0.1, -0.05) is 41.0 Å². The van der Waals surface area contributed by atoms with Gasteiger partial charge in [-0.25, -0.2) is 4.98 Å². The molecule has 2 amide bonds. The van der Waals surface area contributed by atoms with Gasteiger partial charge in [-0.2, -0.15) is 0 Å². The third kappa shape index (κ3) is 6.75. The third-order valence-corrected chi connectivity index (χ3v) is 6.51. The first-order valence-electron chi connectivity index (χ1n) is 8.57. The van der Waals surface area contributed by atoms with Gasteiger partial charge < -0.3 is 10.6 Å². The quantitative estimate of drug-likeness (QED) is 0.440. The maximum Gasteiger partial charge on any atom is 0.234 e. The van der Waals surface area contributed by atoms with Crippen LogP contribution in [0.5, 0.6) is 0 Å². The highest BCUT2D eigenvalue weighted by atomic mass is 35.5. The van der Waals surface area contributed by atoms with Gasteiger partial charge in [-0.05, 0) is 48.9 Å². The minimum Gasteiger partial charge on any atom is -0.326 e. The van der Waals surface area contributed by atoms with Crippen LogP contribution in [0, 0.1) is 6.92 Å². The Morgan fingerprint density at radius 3 is 2.45 bits per heavy atom. The molecule has 150 valence electrons. The molecule has 0 saturated carbocycles. The molecule has 0 spiro atoms. The average molecular weight is 466 g/mol. The molecule has 0 aliphatic heterocycles. The number of hydrogen-bond acceptors (Lipinski definition) is 5. The minimum absolute atomic E-state index is 0.136. The maximum absolute atomic E-state index is 12.2. The van der Waals surface area contributed by atoms with E-state index in [0.29, 0.717) is 27.1 Å². The second-order valence-electron chi connectivity index (χ2n) is 6.14. The van der Waals surface area contributed by atoms with E-state index in [1.807, 2.05) is 18.4 Å². The molecule has 0 fully saturated rings. The third-order valence-electron chi connectivity index (χ3n) is 3.78. The average Bonchev–Trinajstić information content (AvgIpc) is 3.12. The van der Waals surface area contributed by atoms with Crippen LogP contribution in [0.25, 0.3) is 0 Å². The number of benzene rings is 2. The number of amides is 2. The minimum atomic E-state index is -0.174. The molecule has 9 heteroatoms. The van der Waals surface area contributed by atoms with E-state index in [2.05, 4.69) is 15.6 Å². The van der Waals surface area contributed by atoms with Gasteiger partial charge in [0.15, 0.2) is 4.34 Å². The Kier molecular flexibility index (Phi) is 7.55. The molecule has 0 unspecified atom stereocenters. The molecule has 0 aliphatic carbocycles. The van der Waals surface area contributed by atoms with Crippen LogP contribution in [0.3, 0.4) is 0 Å². The summed E-state index contributed by atoms with van der Waals surface area (Å²) in [6.07, 6.45) is 0.152. The van der Waals surface area contributed by atoms with E-state index in [0.717, 1.165) is 9.90 Å². The van der Waals surface area contributed by atoms with Crippen molar-refractivity contribution in [3.63, 3.8) is 0 Å². The van der Waals surface area contributed by atoms with Gasteiger partial charge in [0.25, 0.3) is 0 Å². The lowest BCUT2D eigenvalue weighted by Crippen LogP contribution is -2.15. The molecule has 0 saturated heterocycles. The molecule has 2 N–H and O–H groups in total. The van der Waals surface area contributed by atoms with Crippen LogP contribution >= 0.6 is 46.3 Å². The number of rotatable bonds is 7. The zero-order chi connectivity index (χ0) is 20.8. The van der Waals surface area contributed by atoms with E-state index in [1.54, 1.807) is 36.4 Å². The van der Waals surface area contributed by atoms with Crippen molar-refractivity contribution >= 4 is 69.5 Å². The number of anilines is 2. The van der Waals surface area contributed by atoms with E-state index in [9.17, 15) is 9.59 Å². The van der Waals surface area contributed by atoms with Crippen molar-refractivity contribution in [3.05, 3.63) is 69.1 Å². The molecule has 3 aromatic rings. The number of nitrogens with one attached hydrogen (secondary N) is 2. The molecule has 3 rings (SSSR count). The van der Waals surface area contributed by atoms with Crippen molar-refractivity contribution in [2.45, 2.75) is 17.7 Å². The smallest absolute Gasteiger partial charge is 0.234 e. The van der Waals surface area contributed by atoms with Gasteiger partial charge in [0, 0.05) is 26.8 Å². The number of aryl methyl sites for hydroxylation is 1. The molecule has 1 aromatic heterocycles. The standard InChI is InChI=1S/C20H17Cl2N3O2S2/c1-12-2-5-15(8-17(12)22)24-18(26)9-16-10-28-20(25-16)29-11-19(27)23-14-6-3-13(21)4-7-14/h2-8,10H,9,11H2,1H3,(H,23,27)(H,24,26). The Bertz CT molecular complexity index is 1020. The summed E-state index contributed by atoms with van der Waals surface area (Å²) in [7, 11) is 0. The van der Waals surface area contributed by atoms with Gasteiger partial charge in [0.05, 0.1) is 17.9 Å². The van der Waals surface area contributed by atoms with Gasteiger partial charge in [-0.3, -0.25) is 9.59 Å². The molecular formula is C20H17Cl2N3O2S2. The summed E-state index contributed by atoms with van der Waals surface area (Å²) in [6, 6.07) is 12.3. The summed E-state index contributed by atoms with van der Waals surface area (Å²) in [5, 5.41) is 8.65. The first-order valence-corrected chi connectivity index (χ1v) is 11.2. The summed E-state index contributed by atoms with van der Waals surface area (Å²) in [5.41, 5.74) is 2.94. The first kappa shape index (κ1) is 21.6. The molecule has 1 heterocycles. The van der Waals surface area contributed by atoms with Gasteiger partial charge in [0.2, 0.25) is 11.8 Å². The highest BCUT2D eigenvalue weighted by Crippen LogP contribution is 2.24. The molecule has 29 heavy (non-hydrogen) atoms. The molecule has 5 nitrogen and oxygen atoms in total. The molecule has 2 aromatic carbocycles. The summed E-state index contributed by atoms with van der Waals surface area (Å²) in [6.45, 7) is 1.90. The van der Waals surface area contributed by atoms with Crippen LogP contribution in [0.2, 0.25) is 10.0 Å². The molecule has 0 radical (unpaired) electrons. The zero-order valence-corrected chi connectivity index (χ0v) is 18.5. The van der Waals surface area contributed by atoms with E-state index in [1.165, 1.54) is 23.1 Å². The predicted molar refractivity (Wildman–Crippen MR) is 121 cm³/mol. The number of aromatic nitrogens is 1. The molecular weight excluding hydrogens is 449 g/mol. The number of thioether (sulfide) groups is 1. The number of halogens is 2. The largest absolute Gasteiger partial charge is 0.326 e. The summed E-state index contributed by atoms with van der Waals surface area (Å²) >= 11 is 14.6. The van der Waals surface area contributed by atoms with Crippen molar-refractivity contribution in [1.82, 2.24) is 4.98 Å². The van der Waals surface area contributed by atoms with Crippen LogP contribution in [-0.2, 0) is 16.0 Å². The number of nitrogens with zero attached hydrogens (tertiary/aromatic N) is 1. The lowest BCUT2D eigenvalue weighted by molar-refractivity contribution is -0.116. The van der Waals surface area contributed by atoms with Crippen LogP contribution in [-0.4, -0.2) is 22.6 Å². The summed E-state index contributed by atoms with van der Waals surface area (Å²) in [5.74, 6) is -0.0841. The van der Waals surface area contributed by atoms with Crippen molar-refractivity contribution in [2.24, 2.45) is 0 Å². The van der Waals surface area contributed by atoms with Crippen molar-refractivity contribution < 1.29 is 9.59 Å². The Balaban J connectivity index is 1.47. The summed E-state index contributed by atoms with van der Waals surface area (Å²) < 4.78 is 0.734. The van der Waals surface area contributed by atoms with Crippen molar-refractivity contribution in [2.75, 3.05) is 16.4 Å². The van der Waals surface area contributed by atoms with Crippen molar-refractivity contribution in [1.29, 1.82) is 0 Å². The Hall–Kier alpha value is -2.06. The van der Waals surface area contributed by atoms with E-state index in [4.69, 9.17) is 23.2 Å². The SMILES string of the molecule is Cc1ccc(NC(=O)Cc2csc(SCC(=O)Nc3ccc(Cl)cc3)n2)cc1Cl. The van der Waals surface area contributed by atoms with E-state index in [-0.39, 0.29) is 24.0 Å². The number of thiazole rings is 1. The van der Waals surface area contributed by atoms with Crippen LogP contribution in [0.15, 0.2) is 52.2 Å².